The van der Waals surface area contributed by atoms with Crippen molar-refractivity contribution in [2.75, 3.05) is 20.7 Å². The van der Waals surface area contributed by atoms with Gasteiger partial charge in [-0.25, -0.2) is 17.1 Å². The quantitative estimate of drug-likeness (QED) is 0.791. The number of rotatable bonds is 4. The summed E-state index contributed by atoms with van der Waals surface area (Å²) in [7, 11) is -0.204. The average Bonchev–Trinajstić information content (AvgIpc) is 3.00. The summed E-state index contributed by atoms with van der Waals surface area (Å²) in [6.45, 7) is 0.0789. The highest BCUT2D eigenvalue weighted by molar-refractivity contribution is 7.89. The van der Waals surface area contributed by atoms with Crippen molar-refractivity contribution < 1.29 is 17.6 Å². The molecule has 2 unspecified atom stereocenters. The summed E-state index contributed by atoms with van der Waals surface area (Å²) >= 11 is 5.89. The first-order chi connectivity index (χ1) is 11.8. The van der Waals surface area contributed by atoms with Crippen molar-refractivity contribution in [3.63, 3.8) is 0 Å². The van der Waals surface area contributed by atoms with Gasteiger partial charge in [-0.3, -0.25) is 4.84 Å². The highest BCUT2D eigenvalue weighted by Gasteiger charge is 2.46. The second-order valence-corrected chi connectivity index (χ2v) is 9.47. The zero-order chi connectivity index (χ0) is 18.2. The number of hydroxylamine groups is 2. The van der Waals surface area contributed by atoms with E-state index in [9.17, 15) is 12.8 Å². The maximum atomic E-state index is 13.5. The molecule has 8 heteroatoms. The maximum absolute atomic E-state index is 13.5. The zero-order valence-electron chi connectivity index (χ0n) is 14.5. The van der Waals surface area contributed by atoms with Gasteiger partial charge in [0.25, 0.3) is 0 Å². The normalized spacial score (nSPS) is 26.4. The van der Waals surface area contributed by atoms with E-state index in [1.54, 1.807) is 20.2 Å². The molecule has 0 N–H and O–H groups in total. The molecule has 1 heterocycles. The van der Waals surface area contributed by atoms with E-state index in [2.05, 4.69) is 0 Å². The van der Waals surface area contributed by atoms with Crippen LogP contribution < -0.4 is 0 Å². The minimum absolute atomic E-state index is 0.0189. The predicted molar refractivity (Wildman–Crippen MR) is 95.2 cm³/mol. The van der Waals surface area contributed by atoms with Crippen molar-refractivity contribution >= 4 is 21.6 Å². The van der Waals surface area contributed by atoms with Crippen LogP contribution in [0.4, 0.5) is 4.39 Å². The third-order valence-electron chi connectivity index (χ3n) is 5.34. The molecular formula is C17H24ClFN2O3S. The van der Waals surface area contributed by atoms with Gasteiger partial charge in [-0.2, -0.15) is 5.06 Å². The monoisotopic (exact) mass is 390 g/mol. The van der Waals surface area contributed by atoms with Crippen LogP contribution in [0.25, 0.3) is 0 Å². The first-order valence-electron chi connectivity index (χ1n) is 8.60. The SMILES string of the molecule is CN1OCC(S(=O)(=O)N(C)C2CCCCC2)C1c1ccc(F)c(Cl)c1. The summed E-state index contributed by atoms with van der Waals surface area (Å²) in [5, 5.41) is 0.765. The summed E-state index contributed by atoms with van der Waals surface area (Å²) in [6, 6.07) is 3.84. The number of hydrogen-bond donors (Lipinski definition) is 0. The highest BCUT2D eigenvalue weighted by Crippen LogP contribution is 2.37. The Kier molecular flexibility index (Phi) is 5.70. The largest absolute Gasteiger partial charge is 0.297 e. The standard InChI is InChI=1S/C17H24ClFN2O3S/c1-20-17(12-8-9-15(19)14(18)10-12)16(11-24-20)25(22,23)21(2)13-6-4-3-5-7-13/h8-10,13,16-17H,3-7,11H2,1-2H3. The van der Waals surface area contributed by atoms with E-state index in [4.69, 9.17) is 16.4 Å². The molecule has 0 aromatic heterocycles. The molecular weight excluding hydrogens is 367 g/mol. The highest BCUT2D eigenvalue weighted by atomic mass is 35.5. The van der Waals surface area contributed by atoms with Crippen molar-refractivity contribution in [3.05, 3.63) is 34.6 Å². The Labute approximate surface area is 153 Å². The molecule has 0 amide bonds. The number of benzene rings is 1. The lowest BCUT2D eigenvalue weighted by atomic mass is 9.96. The van der Waals surface area contributed by atoms with E-state index in [0.717, 1.165) is 32.1 Å². The van der Waals surface area contributed by atoms with Crippen molar-refractivity contribution in [2.45, 2.75) is 49.4 Å². The molecule has 0 spiro atoms. The van der Waals surface area contributed by atoms with Gasteiger partial charge in [-0.05, 0) is 30.5 Å². The van der Waals surface area contributed by atoms with Crippen LogP contribution in [-0.4, -0.2) is 49.8 Å². The third-order valence-corrected chi connectivity index (χ3v) is 7.89. The van der Waals surface area contributed by atoms with Gasteiger partial charge in [0.15, 0.2) is 0 Å². The second kappa shape index (κ2) is 7.48. The molecule has 25 heavy (non-hydrogen) atoms. The Morgan fingerprint density at radius 1 is 1.28 bits per heavy atom. The maximum Gasteiger partial charge on any atom is 0.221 e. The Morgan fingerprint density at radius 2 is 1.96 bits per heavy atom. The molecule has 1 saturated heterocycles. The minimum atomic E-state index is -3.56. The molecule has 1 aliphatic carbocycles. The molecule has 0 radical (unpaired) electrons. The van der Waals surface area contributed by atoms with Gasteiger partial charge < -0.3 is 0 Å². The lowest BCUT2D eigenvalue weighted by Crippen LogP contribution is -2.45. The molecule has 140 valence electrons. The summed E-state index contributed by atoms with van der Waals surface area (Å²) in [6.07, 6.45) is 5.07. The van der Waals surface area contributed by atoms with Crippen LogP contribution in [0.15, 0.2) is 18.2 Å². The predicted octanol–water partition coefficient (Wildman–Crippen LogP) is 3.36. The molecule has 1 saturated carbocycles. The number of hydrogen-bond acceptors (Lipinski definition) is 4. The topological polar surface area (TPSA) is 49.9 Å². The van der Waals surface area contributed by atoms with E-state index in [1.165, 1.54) is 21.5 Å². The lowest BCUT2D eigenvalue weighted by Gasteiger charge is -2.33. The summed E-state index contributed by atoms with van der Waals surface area (Å²) in [5.74, 6) is -0.522. The van der Waals surface area contributed by atoms with E-state index in [0.29, 0.717) is 5.56 Å². The van der Waals surface area contributed by atoms with Crippen LogP contribution >= 0.6 is 11.6 Å². The zero-order valence-corrected chi connectivity index (χ0v) is 16.1. The number of halogens is 2. The minimum Gasteiger partial charge on any atom is -0.297 e. The van der Waals surface area contributed by atoms with Crippen molar-refractivity contribution in [2.24, 2.45) is 0 Å². The average molecular weight is 391 g/mol. The van der Waals surface area contributed by atoms with Gasteiger partial charge in [-0.15, -0.1) is 0 Å². The third kappa shape index (κ3) is 3.71. The summed E-state index contributed by atoms with van der Waals surface area (Å²) < 4.78 is 41.5. The van der Waals surface area contributed by atoms with Crippen molar-refractivity contribution in [1.29, 1.82) is 0 Å². The van der Waals surface area contributed by atoms with Gasteiger partial charge >= 0.3 is 0 Å². The van der Waals surface area contributed by atoms with Crippen LogP contribution in [0.1, 0.15) is 43.7 Å². The van der Waals surface area contributed by atoms with Gasteiger partial charge in [0.2, 0.25) is 10.0 Å². The van der Waals surface area contributed by atoms with E-state index >= 15 is 0 Å². The molecule has 1 aromatic rings. The van der Waals surface area contributed by atoms with Gasteiger partial charge in [0.1, 0.15) is 11.1 Å². The van der Waals surface area contributed by atoms with E-state index in [1.807, 2.05) is 0 Å². The molecule has 3 rings (SSSR count). The fraction of sp³-hybridized carbons (Fsp3) is 0.647. The molecule has 1 aliphatic heterocycles. The van der Waals surface area contributed by atoms with Gasteiger partial charge in [-0.1, -0.05) is 36.9 Å². The fourth-order valence-corrected chi connectivity index (χ4v) is 5.96. The van der Waals surface area contributed by atoms with Crippen LogP contribution in [0.3, 0.4) is 0 Å². The Bertz CT molecular complexity index is 725. The Hall–Kier alpha value is -0.730. The summed E-state index contributed by atoms with van der Waals surface area (Å²) in [5.41, 5.74) is 0.636. The molecule has 2 atom stereocenters. The van der Waals surface area contributed by atoms with Crippen LogP contribution in [0.2, 0.25) is 5.02 Å². The molecule has 2 fully saturated rings. The Morgan fingerprint density at radius 3 is 2.60 bits per heavy atom. The van der Waals surface area contributed by atoms with Crippen molar-refractivity contribution in [1.82, 2.24) is 9.37 Å². The first kappa shape index (κ1) is 19.0. The lowest BCUT2D eigenvalue weighted by molar-refractivity contribution is -0.110. The van der Waals surface area contributed by atoms with E-state index in [-0.39, 0.29) is 17.7 Å². The second-order valence-electron chi connectivity index (χ2n) is 6.85. The first-order valence-corrected chi connectivity index (χ1v) is 10.5. The van der Waals surface area contributed by atoms with Crippen molar-refractivity contribution in [3.8, 4) is 0 Å². The van der Waals surface area contributed by atoms with Gasteiger partial charge in [0.05, 0.1) is 17.7 Å². The molecule has 0 bridgehead atoms. The Balaban J connectivity index is 1.89. The van der Waals surface area contributed by atoms with Crippen LogP contribution in [0, 0.1) is 5.82 Å². The van der Waals surface area contributed by atoms with Gasteiger partial charge in [0, 0.05) is 20.1 Å². The number of nitrogens with zero attached hydrogens (tertiary/aromatic N) is 2. The number of sulfonamides is 1. The fourth-order valence-electron chi connectivity index (χ4n) is 3.83. The molecule has 1 aromatic carbocycles. The molecule has 2 aliphatic rings. The van der Waals surface area contributed by atoms with Crippen LogP contribution in [-0.2, 0) is 14.9 Å². The van der Waals surface area contributed by atoms with Crippen LogP contribution in [0.5, 0.6) is 0 Å². The smallest absolute Gasteiger partial charge is 0.221 e. The molecule has 5 nitrogen and oxygen atoms in total. The summed E-state index contributed by atoms with van der Waals surface area (Å²) in [4.78, 5) is 5.52. The van der Waals surface area contributed by atoms with E-state index < -0.39 is 27.1 Å².